The summed E-state index contributed by atoms with van der Waals surface area (Å²) in [5.41, 5.74) is 0.612. The van der Waals surface area contributed by atoms with Crippen LogP contribution in [0.4, 0.5) is 4.39 Å². The molecule has 0 aromatic heterocycles. The van der Waals surface area contributed by atoms with Crippen LogP contribution in [-0.4, -0.2) is 24.9 Å². The van der Waals surface area contributed by atoms with E-state index in [2.05, 4.69) is 26.0 Å². The van der Waals surface area contributed by atoms with E-state index < -0.39 is 6.17 Å². The van der Waals surface area contributed by atoms with Crippen LogP contribution in [0.2, 0.25) is 0 Å². The molecule has 1 heterocycles. The predicted octanol–water partition coefficient (Wildman–Crippen LogP) is 4.97. The molecule has 0 radical (unpaired) electrons. The van der Waals surface area contributed by atoms with E-state index in [0.717, 1.165) is 31.4 Å². The van der Waals surface area contributed by atoms with E-state index >= 15 is 4.39 Å². The van der Waals surface area contributed by atoms with Gasteiger partial charge in [0.15, 0.2) is 0 Å². The van der Waals surface area contributed by atoms with E-state index in [0.29, 0.717) is 36.5 Å². The first-order chi connectivity index (χ1) is 13.3. The average Bonchev–Trinajstić information content (AvgIpc) is 3.29. The van der Waals surface area contributed by atoms with Gasteiger partial charge < -0.3 is 9.47 Å². The van der Waals surface area contributed by atoms with E-state index in [9.17, 15) is 4.79 Å². The molecule has 0 bridgehead atoms. The van der Waals surface area contributed by atoms with Gasteiger partial charge in [0.2, 0.25) is 0 Å². The van der Waals surface area contributed by atoms with Gasteiger partial charge in [0.1, 0.15) is 11.8 Å². The molecule has 5 aliphatic carbocycles. The summed E-state index contributed by atoms with van der Waals surface area (Å²) in [5, 5.41) is 0. The molecular formula is C24H31FO3. The van der Waals surface area contributed by atoms with Crippen molar-refractivity contribution in [1.29, 1.82) is 0 Å². The Morgan fingerprint density at radius 1 is 1.18 bits per heavy atom. The fourth-order valence-corrected chi connectivity index (χ4v) is 8.88. The van der Waals surface area contributed by atoms with Gasteiger partial charge in [-0.25, -0.2) is 4.39 Å². The lowest BCUT2D eigenvalue weighted by molar-refractivity contribution is -0.184. The van der Waals surface area contributed by atoms with E-state index in [1.54, 1.807) is 7.11 Å². The van der Waals surface area contributed by atoms with Crippen LogP contribution < -0.4 is 0 Å². The van der Waals surface area contributed by atoms with Crippen molar-refractivity contribution >= 4 is 5.97 Å². The molecule has 28 heavy (non-hydrogen) atoms. The van der Waals surface area contributed by atoms with Crippen LogP contribution in [0.3, 0.4) is 0 Å². The Morgan fingerprint density at radius 3 is 2.71 bits per heavy atom. The second-order valence-corrected chi connectivity index (χ2v) is 10.9. The summed E-state index contributed by atoms with van der Waals surface area (Å²) in [6.45, 7) is 4.55. The number of carbonyl (C=O) groups is 1. The summed E-state index contributed by atoms with van der Waals surface area (Å²) in [7, 11) is 1.73. The third kappa shape index (κ3) is 1.84. The highest BCUT2D eigenvalue weighted by Gasteiger charge is 2.80. The van der Waals surface area contributed by atoms with Crippen molar-refractivity contribution in [3.05, 3.63) is 23.5 Å². The number of esters is 1. The topological polar surface area (TPSA) is 35.5 Å². The molecule has 3 unspecified atom stereocenters. The van der Waals surface area contributed by atoms with Gasteiger partial charge in [-0.3, -0.25) is 4.79 Å². The number of rotatable bonds is 1. The van der Waals surface area contributed by atoms with E-state index in [4.69, 9.17) is 9.47 Å². The van der Waals surface area contributed by atoms with Crippen molar-refractivity contribution in [3.63, 3.8) is 0 Å². The smallest absolute Gasteiger partial charge is 0.306 e. The molecule has 0 N–H and O–H groups in total. The molecular weight excluding hydrogens is 355 g/mol. The maximum atomic E-state index is 16.1. The maximum Gasteiger partial charge on any atom is 0.306 e. The van der Waals surface area contributed by atoms with Crippen molar-refractivity contribution in [2.24, 2.45) is 40.4 Å². The third-order valence-electron chi connectivity index (χ3n) is 10.0. The highest BCUT2D eigenvalue weighted by atomic mass is 19.1. The molecule has 4 heteroatoms. The lowest BCUT2D eigenvalue weighted by atomic mass is 9.45. The molecule has 6 rings (SSSR count). The second kappa shape index (κ2) is 5.23. The molecule has 1 aliphatic heterocycles. The number of hydrogen-bond donors (Lipinski definition) is 0. The van der Waals surface area contributed by atoms with Gasteiger partial charge in [0.25, 0.3) is 0 Å². The van der Waals surface area contributed by atoms with Crippen LogP contribution in [0.5, 0.6) is 0 Å². The van der Waals surface area contributed by atoms with Gasteiger partial charge in [-0.15, -0.1) is 0 Å². The number of methoxy groups -OCH3 is 1. The number of ether oxygens (including phenoxy) is 2. The summed E-state index contributed by atoms with van der Waals surface area (Å²) in [5.74, 6) is 3.00. The Balaban J connectivity index is 1.43. The molecule has 1 spiro atoms. The molecule has 4 fully saturated rings. The van der Waals surface area contributed by atoms with Crippen molar-refractivity contribution < 1.29 is 18.7 Å². The number of carbonyl (C=O) groups excluding carboxylic acids is 1. The molecule has 9 atom stereocenters. The first-order valence-electron chi connectivity index (χ1n) is 11.2. The molecule has 152 valence electrons. The first-order valence-corrected chi connectivity index (χ1v) is 11.2. The zero-order chi connectivity index (χ0) is 19.5. The quantitative estimate of drug-likeness (QED) is 0.597. The summed E-state index contributed by atoms with van der Waals surface area (Å²) >= 11 is 0. The molecule has 6 aliphatic rings. The predicted molar refractivity (Wildman–Crippen MR) is 103 cm³/mol. The maximum absolute atomic E-state index is 16.1. The minimum atomic E-state index is -0.828. The molecule has 1 saturated heterocycles. The molecule has 0 aromatic rings. The second-order valence-electron chi connectivity index (χ2n) is 10.9. The Morgan fingerprint density at radius 2 is 2.00 bits per heavy atom. The van der Waals surface area contributed by atoms with Gasteiger partial charge in [-0.1, -0.05) is 19.9 Å². The van der Waals surface area contributed by atoms with Crippen LogP contribution >= 0.6 is 0 Å². The van der Waals surface area contributed by atoms with Crippen LogP contribution in [0, 0.1) is 40.4 Å². The highest BCUT2D eigenvalue weighted by molar-refractivity contribution is 5.73. The Hall–Kier alpha value is -1.32. The number of alkyl halides is 1. The summed E-state index contributed by atoms with van der Waals surface area (Å²) in [4.78, 5) is 12.1. The number of fused-ring (bicyclic) bond motifs is 9. The monoisotopic (exact) mass is 386 g/mol. The first kappa shape index (κ1) is 17.5. The fourth-order valence-electron chi connectivity index (χ4n) is 8.88. The van der Waals surface area contributed by atoms with Crippen molar-refractivity contribution in [1.82, 2.24) is 0 Å². The zero-order valence-corrected chi connectivity index (χ0v) is 17.2. The summed E-state index contributed by atoms with van der Waals surface area (Å²) in [6.07, 6.45) is 9.61. The minimum Gasteiger partial charge on any atom is -0.501 e. The van der Waals surface area contributed by atoms with Gasteiger partial charge >= 0.3 is 5.97 Å². The lowest BCUT2D eigenvalue weighted by Crippen LogP contribution is -2.59. The van der Waals surface area contributed by atoms with Gasteiger partial charge in [0, 0.05) is 30.1 Å². The summed E-state index contributed by atoms with van der Waals surface area (Å²) in [6, 6.07) is 0. The van der Waals surface area contributed by atoms with E-state index in [-0.39, 0.29) is 28.3 Å². The fraction of sp³-hybridized carbons (Fsp3) is 0.792. The van der Waals surface area contributed by atoms with Gasteiger partial charge in [-0.05, 0) is 66.9 Å². The lowest BCUT2D eigenvalue weighted by Gasteiger charge is -2.60. The Labute approximate surface area is 166 Å². The van der Waals surface area contributed by atoms with E-state index in [1.807, 2.05) is 0 Å². The van der Waals surface area contributed by atoms with Crippen molar-refractivity contribution in [2.45, 2.75) is 70.6 Å². The SMILES string of the molecule is COC1=CC2=CCC3C([C@@H](F)C[C@@]4(C)C3[C@@H]3C[C@@H]3[C@@]43CCC(=O)O3)[C@@]2(C)CC1. The van der Waals surface area contributed by atoms with Crippen LogP contribution in [0.15, 0.2) is 23.5 Å². The normalized spacial score (nSPS) is 56.1. The number of hydrogen-bond acceptors (Lipinski definition) is 3. The van der Waals surface area contributed by atoms with Crippen LogP contribution in [0.25, 0.3) is 0 Å². The molecule has 3 nitrogen and oxygen atoms in total. The third-order valence-corrected chi connectivity index (χ3v) is 10.0. The highest BCUT2D eigenvalue weighted by Crippen LogP contribution is 2.79. The van der Waals surface area contributed by atoms with Gasteiger partial charge in [0.05, 0.1) is 12.9 Å². The largest absolute Gasteiger partial charge is 0.501 e. The van der Waals surface area contributed by atoms with Crippen LogP contribution in [-0.2, 0) is 14.3 Å². The average molecular weight is 387 g/mol. The minimum absolute atomic E-state index is 0.0626. The number of allylic oxidation sites excluding steroid dienone is 4. The molecule has 3 saturated carbocycles. The summed E-state index contributed by atoms with van der Waals surface area (Å²) < 4.78 is 27.6. The Bertz CT molecular complexity index is 817. The van der Waals surface area contributed by atoms with Crippen molar-refractivity contribution in [3.8, 4) is 0 Å². The molecule has 0 amide bonds. The van der Waals surface area contributed by atoms with Crippen molar-refractivity contribution in [2.75, 3.05) is 7.11 Å². The van der Waals surface area contributed by atoms with Crippen LogP contribution in [0.1, 0.15) is 58.8 Å². The standard InChI is InChI=1S/C24H31FO3/c1-22-8-6-14(27-3)10-13(22)4-5-15-20-16-11-17(16)24(9-7-19(26)28-24)23(20,2)12-18(25)21(15)22/h4,10,15-18,20-21H,5-9,11-12H2,1-3H3/t15?,16-,17+,18+,20?,21?,22+,23+,24+/m1/s1. The van der Waals surface area contributed by atoms with E-state index in [1.165, 1.54) is 12.0 Å². The Kier molecular flexibility index (Phi) is 3.28. The number of halogens is 1. The zero-order valence-electron chi connectivity index (χ0n) is 17.2. The van der Waals surface area contributed by atoms with Gasteiger partial charge in [-0.2, -0.15) is 0 Å². The molecule has 0 aromatic carbocycles.